The molecule has 1 saturated carbocycles. The summed E-state index contributed by atoms with van der Waals surface area (Å²) in [6, 6.07) is 3.08. The van der Waals surface area contributed by atoms with Gasteiger partial charge in [0.2, 0.25) is 0 Å². The van der Waals surface area contributed by atoms with Crippen molar-refractivity contribution in [2.45, 2.75) is 70.4 Å². The maximum Gasteiger partial charge on any atom is 0.106 e. The maximum absolute atomic E-state index is 9.26. The van der Waals surface area contributed by atoms with Crippen molar-refractivity contribution in [3.8, 4) is 6.07 Å². The smallest absolute Gasteiger partial charge is 0.106 e. The third kappa shape index (κ3) is 2.72. The summed E-state index contributed by atoms with van der Waals surface area (Å²) in [7, 11) is 0. The molecule has 1 N–H and O–H groups in total. The molecule has 0 aromatic carbocycles. The second-order valence-electron chi connectivity index (χ2n) is 4.42. The molecule has 0 aliphatic heterocycles. The first-order valence-electron chi connectivity index (χ1n) is 5.95. The van der Waals surface area contributed by atoms with Gasteiger partial charge in [-0.3, -0.25) is 5.32 Å². The van der Waals surface area contributed by atoms with Crippen molar-refractivity contribution in [3.63, 3.8) is 0 Å². The molecule has 80 valence electrons. The van der Waals surface area contributed by atoms with E-state index in [0.717, 1.165) is 19.3 Å². The van der Waals surface area contributed by atoms with Gasteiger partial charge in [0, 0.05) is 6.04 Å². The highest BCUT2D eigenvalue weighted by Crippen LogP contribution is 2.24. The molecule has 0 heterocycles. The summed E-state index contributed by atoms with van der Waals surface area (Å²) in [5.41, 5.74) is -0.246. The molecule has 0 spiro atoms. The normalized spacial score (nSPS) is 21.8. The largest absolute Gasteiger partial charge is 0.297 e. The molecule has 1 aliphatic carbocycles. The van der Waals surface area contributed by atoms with Gasteiger partial charge in [-0.1, -0.05) is 33.1 Å². The van der Waals surface area contributed by atoms with E-state index in [1.165, 1.54) is 25.7 Å². The van der Waals surface area contributed by atoms with E-state index >= 15 is 0 Å². The van der Waals surface area contributed by atoms with E-state index in [1.807, 2.05) is 0 Å². The third-order valence-corrected chi connectivity index (χ3v) is 3.33. The summed E-state index contributed by atoms with van der Waals surface area (Å²) in [4.78, 5) is 0. The van der Waals surface area contributed by atoms with E-state index in [-0.39, 0.29) is 5.54 Å². The summed E-state index contributed by atoms with van der Waals surface area (Å²) in [5.74, 6) is 0. The van der Waals surface area contributed by atoms with Gasteiger partial charge in [0.25, 0.3) is 0 Å². The predicted octanol–water partition coefficient (Wildman–Crippen LogP) is 2.99. The van der Waals surface area contributed by atoms with Crippen LogP contribution in [0.1, 0.15) is 58.8 Å². The van der Waals surface area contributed by atoms with Gasteiger partial charge in [0.05, 0.1) is 6.07 Å². The molecule has 0 bridgehead atoms. The number of rotatable bonds is 5. The Morgan fingerprint density at radius 2 is 2.00 bits per heavy atom. The van der Waals surface area contributed by atoms with Crippen molar-refractivity contribution in [3.05, 3.63) is 0 Å². The van der Waals surface area contributed by atoms with Crippen LogP contribution in [-0.4, -0.2) is 11.6 Å². The molecule has 1 aliphatic rings. The van der Waals surface area contributed by atoms with E-state index in [0.29, 0.717) is 6.04 Å². The van der Waals surface area contributed by atoms with Crippen molar-refractivity contribution >= 4 is 0 Å². The molecule has 2 heteroatoms. The SMILES string of the molecule is CCCC(C#N)(CC)NC1CCCC1. The Bertz CT molecular complexity index is 201. The summed E-state index contributed by atoms with van der Waals surface area (Å²) >= 11 is 0. The van der Waals surface area contributed by atoms with Gasteiger partial charge in [-0.25, -0.2) is 0 Å². The Kier molecular flexibility index (Phi) is 4.41. The van der Waals surface area contributed by atoms with Gasteiger partial charge in [-0.15, -0.1) is 0 Å². The zero-order valence-corrected chi connectivity index (χ0v) is 9.47. The Morgan fingerprint density at radius 3 is 2.43 bits per heavy atom. The van der Waals surface area contributed by atoms with Crippen LogP contribution < -0.4 is 5.32 Å². The zero-order valence-electron chi connectivity index (χ0n) is 9.47. The van der Waals surface area contributed by atoms with Crippen molar-refractivity contribution in [2.75, 3.05) is 0 Å². The topological polar surface area (TPSA) is 35.8 Å². The van der Waals surface area contributed by atoms with E-state index < -0.39 is 0 Å². The van der Waals surface area contributed by atoms with E-state index in [9.17, 15) is 5.26 Å². The fraction of sp³-hybridized carbons (Fsp3) is 0.917. The maximum atomic E-state index is 9.26. The summed E-state index contributed by atoms with van der Waals surface area (Å²) in [6.07, 6.45) is 8.16. The van der Waals surface area contributed by atoms with Gasteiger partial charge < -0.3 is 0 Å². The number of hydrogen-bond acceptors (Lipinski definition) is 2. The van der Waals surface area contributed by atoms with Crippen molar-refractivity contribution in [1.29, 1.82) is 5.26 Å². The lowest BCUT2D eigenvalue weighted by Crippen LogP contribution is -2.48. The molecule has 0 amide bonds. The molecular weight excluding hydrogens is 172 g/mol. The fourth-order valence-corrected chi connectivity index (χ4v) is 2.41. The van der Waals surface area contributed by atoms with Gasteiger partial charge in [0.1, 0.15) is 5.54 Å². The van der Waals surface area contributed by atoms with Gasteiger partial charge >= 0.3 is 0 Å². The lowest BCUT2D eigenvalue weighted by molar-refractivity contribution is 0.322. The highest BCUT2D eigenvalue weighted by atomic mass is 15.0. The molecule has 14 heavy (non-hydrogen) atoms. The molecule has 1 rings (SSSR count). The van der Waals surface area contributed by atoms with Crippen molar-refractivity contribution < 1.29 is 0 Å². The monoisotopic (exact) mass is 194 g/mol. The quantitative estimate of drug-likeness (QED) is 0.730. The minimum absolute atomic E-state index is 0.246. The minimum Gasteiger partial charge on any atom is -0.297 e. The van der Waals surface area contributed by atoms with Crippen molar-refractivity contribution in [2.24, 2.45) is 0 Å². The first-order chi connectivity index (χ1) is 6.76. The summed E-state index contributed by atoms with van der Waals surface area (Å²) in [5, 5.41) is 12.8. The summed E-state index contributed by atoms with van der Waals surface area (Å²) in [6.45, 7) is 4.26. The first kappa shape index (κ1) is 11.5. The summed E-state index contributed by atoms with van der Waals surface area (Å²) < 4.78 is 0. The fourth-order valence-electron chi connectivity index (χ4n) is 2.41. The van der Waals surface area contributed by atoms with Crippen LogP contribution in [0.4, 0.5) is 0 Å². The van der Waals surface area contributed by atoms with Crippen LogP contribution in [0.3, 0.4) is 0 Å². The van der Waals surface area contributed by atoms with Crippen LogP contribution in [0.25, 0.3) is 0 Å². The molecule has 0 aromatic heterocycles. The Hall–Kier alpha value is -0.550. The molecule has 1 unspecified atom stereocenters. The first-order valence-corrected chi connectivity index (χ1v) is 5.95. The van der Waals surface area contributed by atoms with Crippen LogP contribution in [0, 0.1) is 11.3 Å². The lowest BCUT2D eigenvalue weighted by Gasteiger charge is -2.29. The number of nitrogens with zero attached hydrogens (tertiary/aromatic N) is 1. The Labute approximate surface area is 87.7 Å². The highest BCUT2D eigenvalue weighted by Gasteiger charge is 2.30. The molecule has 0 radical (unpaired) electrons. The Morgan fingerprint density at radius 1 is 1.36 bits per heavy atom. The second-order valence-corrected chi connectivity index (χ2v) is 4.42. The molecule has 1 atom stereocenters. The van der Waals surface area contributed by atoms with Crippen LogP contribution in [-0.2, 0) is 0 Å². The van der Waals surface area contributed by atoms with Crippen LogP contribution >= 0.6 is 0 Å². The number of hydrogen-bond donors (Lipinski definition) is 1. The molecule has 0 aromatic rings. The second kappa shape index (κ2) is 5.36. The van der Waals surface area contributed by atoms with Crippen LogP contribution in [0.5, 0.6) is 0 Å². The van der Waals surface area contributed by atoms with Crippen LogP contribution in [0.2, 0.25) is 0 Å². The predicted molar refractivity (Wildman–Crippen MR) is 58.9 cm³/mol. The average molecular weight is 194 g/mol. The van der Waals surface area contributed by atoms with E-state index in [1.54, 1.807) is 0 Å². The minimum atomic E-state index is -0.246. The molecule has 1 fully saturated rings. The lowest BCUT2D eigenvalue weighted by atomic mass is 9.91. The van der Waals surface area contributed by atoms with Crippen LogP contribution in [0.15, 0.2) is 0 Å². The average Bonchev–Trinajstić information content (AvgIpc) is 2.69. The zero-order chi connectivity index (χ0) is 10.4. The molecule has 2 nitrogen and oxygen atoms in total. The van der Waals surface area contributed by atoms with Gasteiger partial charge in [-0.2, -0.15) is 5.26 Å². The Balaban J connectivity index is 2.53. The highest BCUT2D eigenvalue weighted by molar-refractivity contribution is 5.07. The van der Waals surface area contributed by atoms with Crippen molar-refractivity contribution in [1.82, 2.24) is 5.32 Å². The third-order valence-electron chi connectivity index (χ3n) is 3.33. The van der Waals surface area contributed by atoms with Gasteiger partial charge in [-0.05, 0) is 25.7 Å². The van der Waals surface area contributed by atoms with Gasteiger partial charge in [0.15, 0.2) is 0 Å². The van der Waals surface area contributed by atoms with E-state index in [4.69, 9.17) is 0 Å². The standard InChI is InChI=1S/C12H22N2/c1-3-9-12(4-2,10-13)14-11-7-5-6-8-11/h11,14H,3-9H2,1-2H3. The number of nitriles is 1. The van der Waals surface area contributed by atoms with E-state index in [2.05, 4.69) is 25.2 Å². The molecular formula is C12H22N2. The molecule has 0 saturated heterocycles. The number of nitrogens with one attached hydrogen (secondary N) is 1.